The van der Waals surface area contributed by atoms with Crippen molar-refractivity contribution in [3.8, 4) is 0 Å². The van der Waals surface area contributed by atoms with Crippen LogP contribution < -0.4 is 11.1 Å². The molecule has 1 saturated carbocycles. The summed E-state index contributed by atoms with van der Waals surface area (Å²) in [5, 5.41) is 3.10. The number of hydrogen-bond donors (Lipinski definition) is 2. The third kappa shape index (κ3) is 2.27. The molecule has 3 N–H and O–H groups in total. The van der Waals surface area contributed by atoms with E-state index in [0.717, 1.165) is 19.3 Å². The van der Waals surface area contributed by atoms with Gasteiger partial charge in [0.05, 0.1) is 6.04 Å². The SMILES string of the molecule is CCC1(NC(=O)C(N)C(C)C)CCC1. The van der Waals surface area contributed by atoms with E-state index in [1.165, 1.54) is 6.42 Å². The van der Waals surface area contributed by atoms with Crippen LogP contribution in [0.25, 0.3) is 0 Å². The van der Waals surface area contributed by atoms with E-state index in [1.807, 2.05) is 13.8 Å². The molecule has 14 heavy (non-hydrogen) atoms. The molecule has 0 spiro atoms. The normalized spacial score (nSPS) is 21.5. The van der Waals surface area contributed by atoms with Gasteiger partial charge in [-0.2, -0.15) is 0 Å². The van der Waals surface area contributed by atoms with Gasteiger partial charge in [0.25, 0.3) is 0 Å². The molecular weight excluding hydrogens is 176 g/mol. The fourth-order valence-corrected chi connectivity index (χ4v) is 1.82. The minimum Gasteiger partial charge on any atom is -0.349 e. The summed E-state index contributed by atoms with van der Waals surface area (Å²) in [5.41, 5.74) is 5.86. The first kappa shape index (κ1) is 11.5. The molecule has 82 valence electrons. The molecule has 1 amide bonds. The van der Waals surface area contributed by atoms with Crippen LogP contribution in [0.5, 0.6) is 0 Å². The van der Waals surface area contributed by atoms with E-state index in [0.29, 0.717) is 0 Å². The second-order valence-corrected chi connectivity index (χ2v) is 4.75. The van der Waals surface area contributed by atoms with Crippen LogP contribution in [0.15, 0.2) is 0 Å². The zero-order valence-electron chi connectivity index (χ0n) is 9.47. The average molecular weight is 198 g/mol. The largest absolute Gasteiger partial charge is 0.349 e. The molecule has 0 aromatic heterocycles. The van der Waals surface area contributed by atoms with Gasteiger partial charge < -0.3 is 11.1 Å². The van der Waals surface area contributed by atoms with Gasteiger partial charge in [-0.25, -0.2) is 0 Å². The fraction of sp³-hybridized carbons (Fsp3) is 0.909. The number of hydrogen-bond acceptors (Lipinski definition) is 2. The van der Waals surface area contributed by atoms with Crippen molar-refractivity contribution in [3.63, 3.8) is 0 Å². The van der Waals surface area contributed by atoms with E-state index in [2.05, 4.69) is 12.2 Å². The summed E-state index contributed by atoms with van der Waals surface area (Å²) >= 11 is 0. The maximum atomic E-state index is 11.7. The summed E-state index contributed by atoms with van der Waals surface area (Å²) in [6, 6.07) is -0.362. The molecule has 1 aliphatic carbocycles. The van der Waals surface area contributed by atoms with Crippen LogP contribution in [-0.4, -0.2) is 17.5 Å². The van der Waals surface area contributed by atoms with E-state index < -0.39 is 0 Å². The Kier molecular flexibility index (Phi) is 3.53. The highest BCUT2D eigenvalue weighted by molar-refractivity contribution is 5.82. The fourth-order valence-electron chi connectivity index (χ4n) is 1.82. The Morgan fingerprint density at radius 3 is 2.36 bits per heavy atom. The molecule has 1 unspecified atom stereocenters. The van der Waals surface area contributed by atoms with Crippen molar-refractivity contribution < 1.29 is 4.79 Å². The number of rotatable bonds is 4. The van der Waals surface area contributed by atoms with Crippen molar-refractivity contribution in [1.29, 1.82) is 0 Å². The molecule has 0 aromatic carbocycles. The number of carbonyl (C=O) groups is 1. The van der Waals surface area contributed by atoms with E-state index in [-0.39, 0.29) is 23.4 Å². The Morgan fingerprint density at radius 2 is 2.07 bits per heavy atom. The first-order valence-corrected chi connectivity index (χ1v) is 5.58. The summed E-state index contributed by atoms with van der Waals surface area (Å²) in [6.45, 7) is 6.08. The summed E-state index contributed by atoms with van der Waals surface area (Å²) in [5.74, 6) is 0.227. The van der Waals surface area contributed by atoms with Gasteiger partial charge in [-0.15, -0.1) is 0 Å². The molecule has 1 rings (SSSR count). The molecule has 0 bridgehead atoms. The van der Waals surface area contributed by atoms with Crippen molar-refractivity contribution >= 4 is 5.91 Å². The Hall–Kier alpha value is -0.570. The van der Waals surface area contributed by atoms with Gasteiger partial charge in [-0.3, -0.25) is 4.79 Å². The van der Waals surface area contributed by atoms with Crippen LogP contribution in [0.4, 0.5) is 0 Å². The van der Waals surface area contributed by atoms with Crippen molar-refractivity contribution in [1.82, 2.24) is 5.32 Å². The molecular formula is C11H22N2O. The number of amides is 1. The van der Waals surface area contributed by atoms with Crippen molar-refractivity contribution in [2.24, 2.45) is 11.7 Å². The zero-order chi connectivity index (χ0) is 10.8. The van der Waals surface area contributed by atoms with Crippen LogP contribution in [0.2, 0.25) is 0 Å². The zero-order valence-corrected chi connectivity index (χ0v) is 9.47. The lowest BCUT2D eigenvalue weighted by Crippen LogP contribution is -2.57. The maximum Gasteiger partial charge on any atom is 0.237 e. The first-order valence-electron chi connectivity index (χ1n) is 5.58. The van der Waals surface area contributed by atoms with Gasteiger partial charge in [0.2, 0.25) is 5.91 Å². The van der Waals surface area contributed by atoms with Gasteiger partial charge in [-0.05, 0) is 31.6 Å². The summed E-state index contributed by atoms with van der Waals surface area (Å²) in [7, 11) is 0. The maximum absolute atomic E-state index is 11.7. The Morgan fingerprint density at radius 1 is 1.50 bits per heavy atom. The van der Waals surface area contributed by atoms with Crippen LogP contribution in [-0.2, 0) is 4.79 Å². The summed E-state index contributed by atoms with van der Waals surface area (Å²) in [4.78, 5) is 11.7. The lowest BCUT2D eigenvalue weighted by atomic mass is 9.74. The second-order valence-electron chi connectivity index (χ2n) is 4.75. The summed E-state index contributed by atoms with van der Waals surface area (Å²) in [6.07, 6.45) is 4.47. The molecule has 1 aliphatic rings. The third-order valence-corrected chi connectivity index (χ3v) is 3.40. The predicted molar refractivity (Wildman–Crippen MR) is 57.8 cm³/mol. The minimum atomic E-state index is -0.362. The Balaban J connectivity index is 2.47. The Bertz CT molecular complexity index is 204. The quantitative estimate of drug-likeness (QED) is 0.717. The molecule has 1 fully saturated rings. The molecule has 3 heteroatoms. The minimum absolute atomic E-state index is 0.0153. The van der Waals surface area contributed by atoms with Gasteiger partial charge in [0.15, 0.2) is 0 Å². The smallest absolute Gasteiger partial charge is 0.237 e. The van der Waals surface area contributed by atoms with Crippen LogP contribution in [0.1, 0.15) is 46.5 Å². The molecule has 0 aromatic rings. The molecule has 1 atom stereocenters. The van der Waals surface area contributed by atoms with Gasteiger partial charge in [0, 0.05) is 5.54 Å². The van der Waals surface area contributed by atoms with Gasteiger partial charge in [-0.1, -0.05) is 20.8 Å². The Labute approximate surface area is 86.4 Å². The molecule has 3 nitrogen and oxygen atoms in total. The van der Waals surface area contributed by atoms with E-state index in [1.54, 1.807) is 0 Å². The molecule has 0 saturated heterocycles. The topological polar surface area (TPSA) is 55.1 Å². The second kappa shape index (κ2) is 4.30. The third-order valence-electron chi connectivity index (χ3n) is 3.40. The standard InChI is InChI=1S/C11H22N2O/c1-4-11(6-5-7-11)13-10(14)9(12)8(2)3/h8-9H,4-7,12H2,1-3H3,(H,13,14). The predicted octanol–water partition coefficient (Wildman–Crippen LogP) is 1.42. The molecule has 0 heterocycles. The van der Waals surface area contributed by atoms with Crippen molar-refractivity contribution in [3.05, 3.63) is 0 Å². The highest BCUT2D eigenvalue weighted by atomic mass is 16.2. The van der Waals surface area contributed by atoms with Crippen molar-refractivity contribution in [2.75, 3.05) is 0 Å². The molecule has 0 aliphatic heterocycles. The van der Waals surface area contributed by atoms with Crippen LogP contribution in [0.3, 0.4) is 0 Å². The highest BCUT2D eigenvalue weighted by Gasteiger charge is 2.37. The van der Waals surface area contributed by atoms with E-state index >= 15 is 0 Å². The van der Waals surface area contributed by atoms with Gasteiger partial charge >= 0.3 is 0 Å². The number of nitrogens with one attached hydrogen (secondary N) is 1. The lowest BCUT2D eigenvalue weighted by molar-refractivity contribution is -0.126. The molecule has 0 radical (unpaired) electrons. The van der Waals surface area contributed by atoms with E-state index in [9.17, 15) is 4.79 Å². The number of carbonyl (C=O) groups excluding carboxylic acids is 1. The lowest BCUT2D eigenvalue weighted by Gasteiger charge is -2.42. The van der Waals surface area contributed by atoms with Gasteiger partial charge in [0.1, 0.15) is 0 Å². The van der Waals surface area contributed by atoms with Crippen LogP contribution in [0, 0.1) is 5.92 Å². The average Bonchev–Trinajstić information content (AvgIpc) is 2.09. The monoisotopic (exact) mass is 198 g/mol. The number of nitrogens with two attached hydrogens (primary N) is 1. The summed E-state index contributed by atoms with van der Waals surface area (Å²) < 4.78 is 0. The highest BCUT2D eigenvalue weighted by Crippen LogP contribution is 2.34. The van der Waals surface area contributed by atoms with E-state index in [4.69, 9.17) is 5.73 Å². The van der Waals surface area contributed by atoms with Crippen LogP contribution >= 0.6 is 0 Å². The van der Waals surface area contributed by atoms with Crippen molar-refractivity contribution in [2.45, 2.75) is 58.0 Å². The first-order chi connectivity index (χ1) is 6.51.